The van der Waals surface area contributed by atoms with Crippen LogP contribution in [0.5, 0.6) is 0 Å². The van der Waals surface area contributed by atoms with Gasteiger partial charge >= 0.3 is 0 Å². The zero-order valence-corrected chi connectivity index (χ0v) is 23.3. The molecule has 1 aromatic heterocycles. The van der Waals surface area contributed by atoms with Crippen LogP contribution in [0.3, 0.4) is 0 Å². The predicted molar refractivity (Wildman–Crippen MR) is 144 cm³/mol. The highest BCUT2D eigenvalue weighted by atomic mass is 16.8. The Bertz CT molecular complexity index is 1430. The molecule has 6 heteroatoms. The number of aromatic amines is 1. The number of H-pyrrole nitrogens is 1. The minimum absolute atomic E-state index is 0.223. The Morgan fingerprint density at radius 3 is 2.66 bits per heavy atom. The molecule has 3 saturated heterocycles. The summed E-state index contributed by atoms with van der Waals surface area (Å²) in [5, 5.41) is 14.4. The fourth-order valence-corrected chi connectivity index (χ4v) is 9.41. The molecule has 2 N–H and O–H groups in total. The van der Waals surface area contributed by atoms with Crippen molar-refractivity contribution in [2.45, 2.75) is 114 Å². The van der Waals surface area contributed by atoms with Crippen LogP contribution in [0.4, 0.5) is 0 Å². The van der Waals surface area contributed by atoms with Crippen molar-refractivity contribution in [3.8, 4) is 0 Å². The van der Waals surface area contributed by atoms with Gasteiger partial charge in [0.1, 0.15) is 29.2 Å². The van der Waals surface area contributed by atoms with Gasteiger partial charge in [-0.25, -0.2) is 0 Å². The lowest BCUT2D eigenvalue weighted by Crippen LogP contribution is -2.73. The van der Waals surface area contributed by atoms with E-state index in [1.165, 1.54) is 22.2 Å². The average molecular weight is 518 g/mol. The summed E-state index contributed by atoms with van der Waals surface area (Å²) in [6, 6.07) is 8.63. The van der Waals surface area contributed by atoms with Gasteiger partial charge in [0.15, 0.2) is 18.0 Å². The molecule has 202 valence electrons. The van der Waals surface area contributed by atoms with Crippen molar-refractivity contribution in [2.75, 3.05) is 0 Å². The van der Waals surface area contributed by atoms with Crippen LogP contribution in [0.15, 0.2) is 47.7 Å². The van der Waals surface area contributed by atoms with Gasteiger partial charge in [0.25, 0.3) is 0 Å². The summed E-state index contributed by atoms with van der Waals surface area (Å²) < 4.78 is 26.3. The van der Waals surface area contributed by atoms with Gasteiger partial charge in [-0.3, -0.25) is 0 Å². The molecular formula is C32H39NO5. The van der Waals surface area contributed by atoms with Crippen LogP contribution in [-0.4, -0.2) is 51.5 Å². The molecule has 1 saturated carbocycles. The van der Waals surface area contributed by atoms with E-state index < -0.39 is 28.5 Å². The van der Waals surface area contributed by atoms with Crippen molar-refractivity contribution in [2.24, 2.45) is 11.3 Å². The third-order valence-electron chi connectivity index (χ3n) is 11.6. The second-order valence-corrected chi connectivity index (χ2v) is 13.9. The summed E-state index contributed by atoms with van der Waals surface area (Å²) in [6.45, 7) is 12.9. The Balaban J connectivity index is 1.25. The Morgan fingerprint density at radius 2 is 1.87 bits per heavy atom. The normalized spacial score (nSPS) is 47.3. The van der Waals surface area contributed by atoms with Crippen LogP contribution < -0.4 is 0 Å². The van der Waals surface area contributed by atoms with Crippen LogP contribution in [0.25, 0.3) is 10.9 Å². The highest BCUT2D eigenvalue weighted by molar-refractivity contribution is 5.86. The molecule has 9 atom stereocenters. The van der Waals surface area contributed by atoms with Crippen molar-refractivity contribution >= 4 is 10.9 Å². The smallest absolute Gasteiger partial charge is 0.183 e. The minimum atomic E-state index is -1.08. The van der Waals surface area contributed by atoms with Crippen molar-refractivity contribution in [1.29, 1.82) is 0 Å². The number of epoxide rings is 1. The summed E-state index contributed by atoms with van der Waals surface area (Å²) in [7, 11) is 0. The van der Waals surface area contributed by atoms with Crippen LogP contribution in [-0.2, 0) is 30.8 Å². The largest absolute Gasteiger partial charge is 0.486 e. The highest BCUT2D eigenvalue weighted by Gasteiger charge is 2.86. The molecule has 2 aromatic rings. The molecule has 6 aliphatic rings. The van der Waals surface area contributed by atoms with Crippen molar-refractivity contribution < 1.29 is 24.1 Å². The lowest BCUT2D eigenvalue weighted by atomic mass is 9.42. The van der Waals surface area contributed by atoms with Gasteiger partial charge in [-0.15, -0.1) is 0 Å². The fourth-order valence-electron chi connectivity index (χ4n) is 9.41. The molecule has 8 rings (SSSR count). The average Bonchev–Trinajstić information content (AvgIpc) is 3.43. The number of nitrogens with one attached hydrogen (secondary N) is 1. The molecule has 38 heavy (non-hydrogen) atoms. The van der Waals surface area contributed by atoms with E-state index in [-0.39, 0.29) is 23.7 Å². The lowest BCUT2D eigenvalue weighted by Gasteiger charge is -2.64. The number of fused-ring (bicyclic) bond motifs is 9. The van der Waals surface area contributed by atoms with E-state index in [0.717, 1.165) is 30.6 Å². The molecule has 4 fully saturated rings. The molecule has 0 unspecified atom stereocenters. The Hall–Kier alpha value is -2.12. The third kappa shape index (κ3) is 2.47. The van der Waals surface area contributed by atoms with Gasteiger partial charge in [0.05, 0.1) is 0 Å². The number of aromatic nitrogens is 1. The molecule has 0 bridgehead atoms. The number of ether oxygens (including phenoxy) is 4. The number of aliphatic hydroxyl groups is 1. The first kappa shape index (κ1) is 23.7. The molecule has 1 spiro atoms. The van der Waals surface area contributed by atoms with Crippen LogP contribution in [0.1, 0.15) is 72.1 Å². The zero-order valence-electron chi connectivity index (χ0n) is 23.3. The van der Waals surface area contributed by atoms with Crippen molar-refractivity contribution in [3.63, 3.8) is 0 Å². The quantitative estimate of drug-likeness (QED) is 0.389. The van der Waals surface area contributed by atoms with Gasteiger partial charge in [-0.05, 0) is 83.1 Å². The molecule has 0 amide bonds. The maximum atomic E-state index is 13.0. The summed E-state index contributed by atoms with van der Waals surface area (Å²) >= 11 is 0. The van der Waals surface area contributed by atoms with Crippen LogP contribution >= 0.6 is 0 Å². The predicted octanol–water partition coefficient (Wildman–Crippen LogP) is 5.44. The Labute approximate surface area is 224 Å². The third-order valence-corrected chi connectivity index (χ3v) is 11.6. The zero-order chi connectivity index (χ0) is 26.5. The lowest BCUT2D eigenvalue weighted by molar-refractivity contribution is -0.314. The van der Waals surface area contributed by atoms with Crippen LogP contribution in [0, 0.1) is 11.3 Å². The van der Waals surface area contributed by atoms with E-state index in [4.69, 9.17) is 18.9 Å². The van der Waals surface area contributed by atoms with Gasteiger partial charge in [-0.1, -0.05) is 37.6 Å². The van der Waals surface area contributed by atoms with Gasteiger partial charge < -0.3 is 29.0 Å². The molecule has 4 heterocycles. The minimum Gasteiger partial charge on any atom is -0.486 e. The SMILES string of the molecule is CC(C)=C[C@@H]1O[C@@H]2[C@H]3O[C@@]34C(=CC[C@]3(C)[C@@]4(O)CC[C@@H]4Cc5c([nH]c6ccccc56)[C@]43C)O[C@@H]2C(C)(C)O1. The fraction of sp³-hybridized carbons (Fsp3) is 0.625. The highest BCUT2D eigenvalue weighted by Crippen LogP contribution is 2.75. The van der Waals surface area contributed by atoms with Gasteiger partial charge in [0.2, 0.25) is 0 Å². The van der Waals surface area contributed by atoms with E-state index in [1.807, 2.05) is 19.9 Å². The number of hydrogen-bond acceptors (Lipinski definition) is 5. The number of allylic oxidation sites excluding steroid dienone is 2. The van der Waals surface area contributed by atoms with E-state index >= 15 is 0 Å². The van der Waals surface area contributed by atoms with E-state index in [0.29, 0.717) is 12.3 Å². The first-order valence-corrected chi connectivity index (χ1v) is 14.3. The number of rotatable bonds is 1. The second-order valence-electron chi connectivity index (χ2n) is 13.9. The number of hydrogen-bond donors (Lipinski definition) is 2. The topological polar surface area (TPSA) is 76.2 Å². The summed E-state index contributed by atoms with van der Waals surface area (Å²) in [5.41, 5.74) is 1.87. The number of benzene rings is 1. The van der Waals surface area contributed by atoms with E-state index in [9.17, 15) is 5.11 Å². The van der Waals surface area contributed by atoms with Gasteiger partial charge in [-0.2, -0.15) is 0 Å². The maximum absolute atomic E-state index is 13.0. The molecule has 3 aliphatic heterocycles. The van der Waals surface area contributed by atoms with Crippen molar-refractivity contribution in [1.82, 2.24) is 4.98 Å². The first-order chi connectivity index (χ1) is 18.0. The van der Waals surface area contributed by atoms with Gasteiger partial charge in [0, 0.05) is 27.4 Å². The Morgan fingerprint density at radius 1 is 1.08 bits per heavy atom. The molecular weight excluding hydrogens is 478 g/mol. The van der Waals surface area contributed by atoms with E-state index in [1.54, 1.807) is 0 Å². The molecule has 3 aliphatic carbocycles. The maximum Gasteiger partial charge on any atom is 0.183 e. The molecule has 1 aromatic carbocycles. The summed E-state index contributed by atoms with van der Waals surface area (Å²) in [6.07, 6.45) is 6.31. The monoisotopic (exact) mass is 517 g/mol. The molecule has 0 radical (unpaired) electrons. The molecule has 6 nitrogen and oxygen atoms in total. The van der Waals surface area contributed by atoms with Crippen molar-refractivity contribution in [3.05, 3.63) is 59.0 Å². The Kier molecular flexibility index (Phi) is 4.34. The van der Waals surface area contributed by atoms with E-state index in [2.05, 4.69) is 63.0 Å². The summed E-state index contributed by atoms with van der Waals surface area (Å²) in [5.74, 6) is 1.25. The second kappa shape index (κ2) is 6.95. The summed E-state index contributed by atoms with van der Waals surface area (Å²) in [4.78, 5) is 3.82. The number of para-hydroxylation sites is 1. The first-order valence-electron chi connectivity index (χ1n) is 14.3. The standard InChI is InChI=1S/C32H39NO5/c1-17(2)15-23-36-24-26(28(3,4)37-23)35-22-12-13-29(5)30(6)18(11-14-31(29,34)32(22)27(24)38-32)16-20-19-9-7-8-10-21(19)33-25(20)30/h7-10,12,15,18,23-24,26-27,33-34H,11,13-14,16H2,1-6H3/t18-,23-,24+,26+,27-,29+,30+,31+,32+/m1/s1. The van der Waals surface area contributed by atoms with Crippen LogP contribution in [0.2, 0.25) is 0 Å².